The highest BCUT2D eigenvalue weighted by molar-refractivity contribution is 5.76. The summed E-state index contributed by atoms with van der Waals surface area (Å²) >= 11 is 0. The van der Waals surface area contributed by atoms with Gasteiger partial charge in [-0.25, -0.2) is 0 Å². The summed E-state index contributed by atoms with van der Waals surface area (Å²) in [6.07, 6.45) is 3.36. The topological polar surface area (TPSA) is 55.0 Å². The van der Waals surface area contributed by atoms with Gasteiger partial charge in [-0.1, -0.05) is 0 Å². The number of rotatable bonds is 2. The molecule has 1 saturated heterocycles. The van der Waals surface area contributed by atoms with Crippen LogP contribution in [0.4, 0.5) is 0 Å². The first-order valence-corrected chi connectivity index (χ1v) is 3.98. The Balaban J connectivity index is 2.25. The summed E-state index contributed by atoms with van der Waals surface area (Å²) in [6, 6.07) is 0. The third-order valence-corrected chi connectivity index (χ3v) is 2.16. The van der Waals surface area contributed by atoms with Crippen LogP contribution in [0.2, 0.25) is 0 Å². The molecule has 1 fully saturated rings. The molecular formula is C8H10N2O2. The first-order chi connectivity index (χ1) is 5.92. The Morgan fingerprint density at radius 3 is 3.33 bits per heavy atom. The number of hydrogen-bond acceptors (Lipinski definition) is 3. The average molecular weight is 166 g/mol. The van der Waals surface area contributed by atoms with Crippen LogP contribution in [-0.4, -0.2) is 29.7 Å². The zero-order valence-corrected chi connectivity index (χ0v) is 6.62. The van der Waals surface area contributed by atoms with E-state index in [1.807, 2.05) is 0 Å². The van der Waals surface area contributed by atoms with Gasteiger partial charge in [-0.15, -0.1) is 0 Å². The predicted octanol–water partition coefficient (Wildman–Crippen LogP) is 0.726. The molecule has 0 radical (unpaired) electrons. The fourth-order valence-corrected chi connectivity index (χ4v) is 1.49. The Morgan fingerprint density at radius 1 is 1.75 bits per heavy atom. The molecule has 0 spiro atoms. The Hall–Kier alpha value is -1.16. The van der Waals surface area contributed by atoms with Gasteiger partial charge in [0.2, 0.25) is 0 Å². The largest absolute Gasteiger partial charge is 0.381 e. The van der Waals surface area contributed by atoms with E-state index in [0.29, 0.717) is 18.1 Å². The fraction of sp³-hybridized carbons (Fsp3) is 0.500. The van der Waals surface area contributed by atoms with Crippen molar-refractivity contribution in [1.82, 2.24) is 10.2 Å². The molecule has 1 aromatic heterocycles. The van der Waals surface area contributed by atoms with Crippen molar-refractivity contribution in [3.8, 4) is 0 Å². The number of aldehydes is 1. The Kier molecular flexibility index (Phi) is 1.91. The van der Waals surface area contributed by atoms with Crippen LogP contribution in [0.25, 0.3) is 0 Å². The van der Waals surface area contributed by atoms with Gasteiger partial charge in [0.25, 0.3) is 0 Å². The lowest BCUT2D eigenvalue weighted by Gasteiger charge is -2.03. The molecule has 4 heteroatoms. The molecule has 1 unspecified atom stereocenters. The zero-order chi connectivity index (χ0) is 8.39. The molecule has 4 nitrogen and oxygen atoms in total. The standard InChI is InChI=1S/C8H10N2O2/c11-4-7-3-9-10-8(7)6-1-2-12-5-6/h3-4,6H,1-2,5H2,(H,9,10). The second kappa shape index (κ2) is 3.06. The summed E-state index contributed by atoms with van der Waals surface area (Å²) in [7, 11) is 0. The molecular weight excluding hydrogens is 156 g/mol. The van der Waals surface area contributed by atoms with Crippen LogP contribution in [0.1, 0.15) is 28.4 Å². The minimum absolute atomic E-state index is 0.327. The third kappa shape index (κ3) is 1.14. The van der Waals surface area contributed by atoms with Gasteiger partial charge in [0, 0.05) is 12.5 Å². The summed E-state index contributed by atoms with van der Waals surface area (Å²) in [4.78, 5) is 10.5. The van der Waals surface area contributed by atoms with Gasteiger partial charge in [0.1, 0.15) is 0 Å². The Labute approximate surface area is 69.9 Å². The van der Waals surface area contributed by atoms with E-state index < -0.39 is 0 Å². The monoisotopic (exact) mass is 166 g/mol. The van der Waals surface area contributed by atoms with Crippen molar-refractivity contribution in [1.29, 1.82) is 0 Å². The van der Waals surface area contributed by atoms with Crippen molar-refractivity contribution >= 4 is 6.29 Å². The maximum Gasteiger partial charge on any atom is 0.153 e. The first-order valence-electron chi connectivity index (χ1n) is 3.98. The van der Waals surface area contributed by atoms with E-state index in [1.54, 1.807) is 6.20 Å². The molecule has 0 aliphatic carbocycles. The van der Waals surface area contributed by atoms with Crippen molar-refractivity contribution in [2.24, 2.45) is 0 Å². The zero-order valence-electron chi connectivity index (χ0n) is 6.62. The van der Waals surface area contributed by atoms with Crippen LogP contribution in [0.15, 0.2) is 6.20 Å². The molecule has 0 amide bonds. The van der Waals surface area contributed by atoms with E-state index in [9.17, 15) is 4.79 Å². The van der Waals surface area contributed by atoms with Gasteiger partial charge in [-0.05, 0) is 6.42 Å². The molecule has 0 aromatic carbocycles. The summed E-state index contributed by atoms with van der Waals surface area (Å²) in [6.45, 7) is 1.48. The molecule has 1 atom stereocenters. The summed E-state index contributed by atoms with van der Waals surface area (Å²) < 4.78 is 5.22. The number of ether oxygens (including phenoxy) is 1. The normalized spacial score (nSPS) is 22.8. The molecule has 1 aliphatic heterocycles. The number of nitrogens with one attached hydrogen (secondary N) is 1. The molecule has 64 valence electrons. The number of carbonyl (C=O) groups is 1. The van der Waals surface area contributed by atoms with Crippen LogP contribution < -0.4 is 0 Å². The smallest absolute Gasteiger partial charge is 0.153 e. The van der Waals surface area contributed by atoms with E-state index in [0.717, 1.165) is 25.0 Å². The van der Waals surface area contributed by atoms with E-state index in [2.05, 4.69) is 10.2 Å². The van der Waals surface area contributed by atoms with Gasteiger partial charge in [-0.3, -0.25) is 9.89 Å². The van der Waals surface area contributed by atoms with E-state index in [4.69, 9.17) is 4.74 Å². The predicted molar refractivity (Wildman–Crippen MR) is 42.2 cm³/mol. The molecule has 1 aromatic rings. The molecule has 1 N–H and O–H groups in total. The summed E-state index contributed by atoms with van der Waals surface area (Å²) in [5.74, 6) is 0.327. The quantitative estimate of drug-likeness (QED) is 0.659. The number of hydrogen-bond donors (Lipinski definition) is 1. The van der Waals surface area contributed by atoms with Crippen LogP contribution in [-0.2, 0) is 4.74 Å². The van der Waals surface area contributed by atoms with Crippen LogP contribution in [0.5, 0.6) is 0 Å². The number of nitrogens with zero attached hydrogens (tertiary/aromatic N) is 1. The molecule has 2 rings (SSSR count). The van der Waals surface area contributed by atoms with Gasteiger partial charge >= 0.3 is 0 Å². The van der Waals surface area contributed by atoms with E-state index >= 15 is 0 Å². The third-order valence-electron chi connectivity index (χ3n) is 2.16. The van der Waals surface area contributed by atoms with Crippen molar-refractivity contribution in [3.05, 3.63) is 17.5 Å². The number of aromatic nitrogens is 2. The summed E-state index contributed by atoms with van der Waals surface area (Å²) in [5, 5.41) is 6.66. The number of carbonyl (C=O) groups excluding carboxylic acids is 1. The SMILES string of the molecule is O=Cc1cn[nH]c1C1CCOC1. The molecule has 2 heterocycles. The Bertz CT molecular complexity index is 276. The van der Waals surface area contributed by atoms with Gasteiger partial charge in [0.15, 0.2) is 6.29 Å². The van der Waals surface area contributed by atoms with Crippen LogP contribution >= 0.6 is 0 Å². The van der Waals surface area contributed by atoms with Crippen LogP contribution in [0.3, 0.4) is 0 Å². The second-order valence-electron chi connectivity index (χ2n) is 2.92. The van der Waals surface area contributed by atoms with Crippen molar-refractivity contribution in [2.75, 3.05) is 13.2 Å². The lowest BCUT2D eigenvalue weighted by molar-refractivity contribution is 0.112. The fourth-order valence-electron chi connectivity index (χ4n) is 1.49. The van der Waals surface area contributed by atoms with Crippen molar-refractivity contribution in [2.45, 2.75) is 12.3 Å². The highest BCUT2D eigenvalue weighted by atomic mass is 16.5. The van der Waals surface area contributed by atoms with Crippen LogP contribution in [0, 0.1) is 0 Å². The molecule has 0 saturated carbocycles. The minimum Gasteiger partial charge on any atom is -0.381 e. The van der Waals surface area contributed by atoms with Gasteiger partial charge < -0.3 is 4.74 Å². The molecule has 0 bridgehead atoms. The number of H-pyrrole nitrogens is 1. The lowest BCUT2D eigenvalue weighted by atomic mass is 10.0. The lowest BCUT2D eigenvalue weighted by Crippen LogP contribution is -2.01. The first kappa shape index (κ1) is 7.49. The maximum atomic E-state index is 10.5. The number of aromatic amines is 1. The van der Waals surface area contributed by atoms with E-state index in [1.165, 1.54) is 0 Å². The average Bonchev–Trinajstić information content (AvgIpc) is 2.74. The molecule has 1 aliphatic rings. The van der Waals surface area contributed by atoms with Gasteiger partial charge in [0.05, 0.1) is 24.1 Å². The highest BCUT2D eigenvalue weighted by Gasteiger charge is 2.21. The summed E-state index contributed by atoms with van der Waals surface area (Å²) in [5.41, 5.74) is 1.58. The maximum absolute atomic E-state index is 10.5. The van der Waals surface area contributed by atoms with Crippen molar-refractivity contribution in [3.63, 3.8) is 0 Å². The molecule has 12 heavy (non-hydrogen) atoms. The van der Waals surface area contributed by atoms with E-state index in [-0.39, 0.29) is 0 Å². The minimum atomic E-state index is 0.327. The Morgan fingerprint density at radius 2 is 2.67 bits per heavy atom. The van der Waals surface area contributed by atoms with Gasteiger partial charge in [-0.2, -0.15) is 5.10 Å². The highest BCUT2D eigenvalue weighted by Crippen LogP contribution is 2.24. The second-order valence-corrected chi connectivity index (χ2v) is 2.92. The van der Waals surface area contributed by atoms with Crippen molar-refractivity contribution < 1.29 is 9.53 Å².